The molecular weight excluding hydrogens is 386 g/mol. The van der Waals surface area contributed by atoms with Crippen LogP contribution in [0.2, 0.25) is 0 Å². The van der Waals surface area contributed by atoms with Gasteiger partial charge in [-0.3, -0.25) is 4.79 Å². The van der Waals surface area contributed by atoms with E-state index in [1.807, 2.05) is 0 Å². The average Bonchev–Trinajstić information content (AvgIpc) is 2.70. The standard InChI is InChI=1S/C19H21NO7S/c1-2-17(22)13-7-9-15(10-8-13)27-12-14(21)11-20-28(25,26)18-6-4-3-5-16(18)19(23)24/h3-10,14,20-21H,2,11-12H2,1H3,(H,23,24). The van der Waals surface area contributed by atoms with Crippen molar-refractivity contribution in [2.45, 2.75) is 24.3 Å². The maximum absolute atomic E-state index is 12.3. The molecule has 1 unspecified atom stereocenters. The lowest BCUT2D eigenvalue weighted by molar-refractivity contribution is 0.0692. The molecule has 28 heavy (non-hydrogen) atoms. The molecule has 0 radical (unpaired) electrons. The molecule has 3 N–H and O–H groups in total. The third kappa shape index (κ3) is 5.62. The highest BCUT2D eigenvalue weighted by molar-refractivity contribution is 7.89. The lowest BCUT2D eigenvalue weighted by atomic mass is 10.1. The second kappa shape index (κ2) is 9.45. The third-order valence-electron chi connectivity index (χ3n) is 3.86. The van der Waals surface area contributed by atoms with Crippen molar-refractivity contribution in [2.24, 2.45) is 0 Å². The minimum atomic E-state index is -4.12. The summed E-state index contributed by atoms with van der Waals surface area (Å²) in [5.41, 5.74) is 0.197. The van der Waals surface area contributed by atoms with Gasteiger partial charge >= 0.3 is 5.97 Å². The molecule has 0 saturated heterocycles. The predicted octanol–water partition coefficient (Wildman–Crippen LogP) is 1.70. The Hall–Kier alpha value is -2.75. The number of aliphatic hydroxyl groups excluding tert-OH is 1. The van der Waals surface area contributed by atoms with E-state index in [0.717, 1.165) is 0 Å². The van der Waals surface area contributed by atoms with Crippen LogP contribution in [0.3, 0.4) is 0 Å². The van der Waals surface area contributed by atoms with E-state index in [0.29, 0.717) is 17.7 Å². The van der Waals surface area contributed by atoms with Crippen LogP contribution < -0.4 is 9.46 Å². The monoisotopic (exact) mass is 407 g/mol. The van der Waals surface area contributed by atoms with Gasteiger partial charge in [-0.15, -0.1) is 0 Å². The summed E-state index contributed by atoms with van der Waals surface area (Å²) >= 11 is 0. The Bertz CT molecular complexity index is 939. The van der Waals surface area contributed by atoms with Gasteiger partial charge in [-0.25, -0.2) is 17.9 Å². The summed E-state index contributed by atoms with van der Waals surface area (Å²) in [6.45, 7) is 1.21. The van der Waals surface area contributed by atoms with Gasteiger partial charge in [0.1, 0.15) is 18.5 Å². The summed E-state index contributed by atoms with van der Waals surface area (Å²) < 4.78 is 32.2. The maximum atomic E-state index is 12.3. The van der Waals surface area contributed by atoms with E-state index in [1.165, 1.54) is 24.3 Å². The zero-order chi connectivity index (χ0) is 20.7. The molecule has 0 bridgehead atoms. The van der Waals surface area contributed by atoms with Crippen LogP contribution in [0.25, 0.3) is 0 Å². The fraction of sp³-hybridized carbons (Fsp3) is 0.263. The fourth-order valence-electron chi connectivity index (χ4n) is 2.35. The number of carboxylic acids is 1. The zero-order valence-corrected chi connectivity index (χ0v) is 16.0. The van der Waals surface area contributed by atoms with Crippen LogP contribution >= 0.6 is 0 Å². The Morgan fingerprint density at radius 3 is 2.36 bits per heavy atom. The zero-order valence-electron chi connectivity index (χ0n) is 15.2. The molecule has 0 saturated carbocycles. The first-order chi connectivity index (χ1) is 13.2. The number of ketones is 1. The number of hydrogen-bond donors (Lipinski definition) is 3. The summed E-state index contributed by atoms with van der Waals surface area (Å²) in [6.07, 6.45) is -0.770. The molecule has 0 spiro atoms. The molecular formula is C19H21NO7S. The van der Waals surface area contributed by atoms with Crippen LogP contribution in [0.4, 0.5) is 0 Å². The van der Waals surface area contributed by atoms with Crippen LogP contribution in [0.5, 0.6) is 5.75 Å². The smallest absolute Gasteiger partial charge is 0.337 e. The van der Waals surface area contributed by atoms with Crippen LogP contribution in [-0.2, 0) is 10.0 Å². The molecule has 0 fully saturated rings. The van der Waals surface area contributed by atoms with Gasteiger partial charge in [0.05, 0.1) is 10.5 Å². The normalized spacial score (nSPS) is 12.4. The predicted molar refractivity (Wildman–Crippen MR) is 101 cm³/mol. The number of rotatable bonds is 10. The Labute approximate surface area is 162 Å². The van der Waals surface area contributed by atoms with E-state index in [2.05, 4.69) is 4.72 Å². The van der Waals surface area contributed by atoms with Crippen LogP contribution in [0.15, 0.2) is 53.4 Å². The van der Waals surface area contributed by atoms with E-state index in [9.17, 15) is 23.1 Å². The average molecular weight is 407 g/mol. The van der Waals surface area contributed by atoms with Gasteiger partial charge in [0.2, 0.25) is 10.0 Å². The largest absolute Gasteiger partial charge is 0.491 e. The van der Waals surface area contributed by atoms with Crippen LogP contribution in [0.1, 0.15) is 34.1 Å². The Morgan fingerprint density at radius 2 is 1.75 bits per heavy atom. The second-order valence-corrected chi connectivity index (χ2v) is 7.65. The lowest BCUT2D eigenvalue weighted by Crippen LogP contribution is -2.35. The summed E-state index contributed by atoms with van der Waals surface area (Å²) in [5, 5.41) is 19.1. The van der Waals surface area contributed by atoms with Crippen molar-refractivity contribution in [3.05, 3.63) is 59.7 Å². The Morgan fingerprint density at radius 1 is 1.11 bits per heavy atom. The van der Waals surface area contributed by atoms with E-state index >= 15 is 0 Å². The Balaban J connectivity index is 1.92. The molecule has 150 valence electrons. The number of sulfonamides is 1. The van der Waals surface area contributed by atoms with Crippen molar-refractivity contribution >= 4 is 21.8 Å². The fourth-order valence-corrected chi connectivity index (χ4v) is 3.62. The van der Waals surface area contributed by atoms with Crippen molar-refractivity contribution in [1.82, 2.24) is 4.72 Å². The van der Waals surface area contributed by atoms with Crippen molar-refractivity contribution in [3.8, 4) is 5.75 Å². The number of aliphatic hydroxyl groups is 1. The number of carbonyl (C=O) groups is 2. The molecule has 9 heteroatoms. The highest BCUT2D eigenvalue weighted by atomic mass is 32.2. The van der Waals surface area contributed by atoms with Gasteiger partial charge in [-0.05, 0) is 36.4 Å². The molecule has 0 aliphatic rings. The summed E-state index contributed by atoms with van der Waals surface area (Å²) in [7, 11) is -4.12. The number of Topliss-reactive ketones (excluding diaryl/α,β-unsaturated/α-hetero) is 1. The molecule has 0 heterocycles. The Kier molecular flexibility index (Phi) is 7.27. The summed E-state index contributed by atoms with van der Waals surface area (Å²) in [4.78, 5) is 22.4. The minimum absolute atomic E-state index is 0.00244. The van der Waals surface area contributed by atoms with Crippen LogP contribution in [0, 0.1) is 0 Å². The highest BCUT2D eigenvalue weighted by Crippen LogP contribution is 2.16. The van der Waals surface area contributed by atoms with Crippen LogP contribution in [-0.4, -0.2) is 49.6 Å². The molecule has 0 amide bonds. The SMILES string of the molecule is CCC(=O)c1ccc(OCC(O)CNS(=O)(=O)c2ccccc2C(=O)O)cc1. The topological polar surface area (TPSA) is 130 Å². The lowest BCUT2D eigenvalue weighted by Gasteiger charge is -2.14. The number of hydrogen-bond acceptors (Lipinski definition) is 6. The molecule has 2 rings (SSSR count). The second-order valence-electron chi connectivity index (χ2n) is 5.92. The first kappa shape index (κ1) is 21.5. The molecule has 2 aromatic rings. The number of carbonyl (C=O) groups excluding carboxylic acids is 1. The minimum Gasteiger partial charge on any atom is -0.491 e. The van der Waals surface area contributed by atoms with Gasteiger partial charge in [-0.1, -0.05) is 19.1 Å². The van der Waals surface area contributed by atoms with E-state index in [1.54, 1.807) is 31.2 Å². The molecule has 8 nitrogen and oxygen atoms in total. The summed E-state index contributed by atoms with van der Waals surface area (Å²) in [6, 6.07) is 11.6. The van der Waals surface area contributed by atoms with E-state index in [4.69, 9.17) is 9.84 Å². The maximum Gasteiger partial charge on any atom is 0.337 e. The molecule has 2 aromatic carbocycles. The van der Waals surface area contributed by atoms with E-state index < -0.39 is 22.1 Å². The molecule has 1 atom stereocenters. The number of ether oxygens (including phenoxy) is 1. The molecule has 0 aliphatic carbocycles. The first-order valence-electron chi connectivity index (χ1n) is 8.50. The number of carboxylic acid groups (broad SMARTS) is 1. The van der Waals surface area contributed by atoms with Gasteiger partial charge < -0.3 is 14.9 Å². The van der Waals surface area contributed by atoms with Gasteiger partial charge in [0, 0.05) is 18.5 Å². The van der Waals surface area contributed by atoms with Crippen molar-refractivity contribution in [1.29, 1.82) is 0 Å². The number of nitrogens with one attached hydrogen (secondary N) is 1. The first-order valence-corrected chi connectivity index (χ1v) is 9.99. The van der Waals surface area contributed by atoms with Gasteiger partial charge in [-0.2, -0.15) is 0 Å². The number of benzene rings is 2. The molecule has 0 aliphatic heterocycles. The molecule has 0 aromatic heterocycles. The van der Waals surface area contributed by atoms with Gasteiger partial charge in [0.15, 0.2) is 5.78 Å². The van der Waals surface area contributed by atoms with Crippen molar-refractivity contribution in [3.63, 3.8) is 0 Å². The summed E-state index contributed by atoms with van der Waals surface area (Å²) in [5.74, 6) is -0.941. The number of aromatic carboxylic acids is 1. The van der Waals surface area contributed by atoms with Crippen molar-refractivity contribution in [2.75, 3.05) is 13.2 Å². The van der Waals surface area contributed by atoms with Gasteiger partial charge in [0.25, 0.3) is 0 Å². The third-order valence-corrected chi connectivity index (χ3v) is 5.34. The van der Waals surface area contributed by atoms with Crippen molar-refractivity contribution < 1.29 is 33.0 Å². The quantitative estimate of drug-likeness (QED) is 0.511. The highest BCUT2D eigenvalue weighted by Gasteiger charge is 2.22. The van der Waals surface area contributed by atoms with E-state index in [-0.39, 0.29) is 29.4 Å².